The van der Waals surface area contributed by atoms with Crippen LogP contribution in [0.25, 0.3) is 0 Å². The van der Waals surface area contributed by atoms with E-state index in [-0.39, 0.29) is 12.1 Å². The first-order chi connectivity index (χ1) is 7.22. The number of alkyl carbamates (subject to hydrolysis) is 1. The topological polar surface area (TPSA) is 55.4 Å². The molecule has 0 saturated heterocycles. The van der Waals surface area contributed by atoms with E-state index in [0.29, 0.717) is 25.2 Å². The van der Waals surface area contributed by atoms with E-state index in [0.717, 1.165) is 25.7 Å². The van der Waals surface area contributed by atoms with Gasteiger partial charge in [-0.3, -0.25) is 4.79 Å². The Morgan fingerprint density at radius 3 is 2.73 bits per heavy atom. The Morgan fingerprint density at radius 2 is 2.13 bits per heavy atom. The maximum Gasteiger partial charge on any atom is 0.407 e. The van der Waals surface area contributed by atoms with Crippen molar-refractivity contribution >= 4 is 11.9 Å². The maximum absolute atomic E-state index is 11.2. The van der Waals surface area contributed by atoms with Crippen LogP contribution in [0, 0.1) is 0 Å². The molecule has 1 aliphatic rings. The van der Waals surface area contributed by atoms with Gasteiger partial charge in [-0.05, 0) is 19.3 Å². The number of unbranched alkanes of at least 4 members (excludes halogenated alkanes) is 1. The predicted molar refractivity (Wildman–Crippen MR) is 56.7 cm³/mol. The van der Waals surface area contributed by atoms with E-state index in [1.165, 1.54) is 0 Å². The van der Waals surface area contributed by atoms with Crippen molar-refractivity contribution < 1.29 is 14.3 Å². The summed E-state index contributed by atoms with van der Waals surface area (Å²) in [4.78, 5) is 22.2. The van der Waals surface area contributed by atoms with Crippen LogP contribution in [-0.4, -0.2) is 24.5 Å². The molecule has 1 aliphatic carbocycles. The molecule has 1 N–H and O–H groups in total. The Labute approximate surface area is 90.4 Å². The number of nitrogens with one attached hydrogen (secondary N) is 1. The van der Waals surface area contributed by atoms with E-state index < -0.39 is 0 Å². The third-order valence-corrected chi connectivity index (χ3v) is 2.60. The molecule has 0 spiro atoms. The van der Waals surface area contributed by atoms with E-state index >= 15 is 0 Å². The summed E-state index contributed by atoms with van der Waals surface area (Å²) in [7, 11) is 0. The minimum Gasteiger partial charge on any atom is -0.450 e. The van der Waals surface area contributed by atoms with Crippen molar-refractivity contribution in [2.24, 2.45) is 0 Å². The van der Waals surface area contributed by atoms with Crippen LogP contribution in [0.4, 0.5) is 4.79 Å². The van der Waals surface area contributed by atoms with Gasteiger partial charge in [0.25, 0.3) is 0 Å². The minimum atomic E-state index is -0.345. The number of hydrogen-bond donors (Lipinski definition) is 1. The van der Waals surface area contributed by atoms with Gasteiger partial charge in [-0.15, -0.1) is 0 Å². The Balaban J connectivity index is 2.12. The van der Waals surface area contributed by atoms with E-state index in [9.17, 15) is 9.59 Å². The van der Waals surface area contributed by atoms with Gasteiger partial charge in [-0.25, -0.2) is 4.79 Å². The molecule has 0 radical (unpaired) electrons. The van der Waals surface area contributed by atoms with Crippen molar-refractivity contribution in [1.29, 1.82) is 0 Å². The number of ketones is 1. The summed E-state index contributed by atoms with van der Waals surface area (Å²) in [6.45, 7) is 2.53. The Hall–Kier alpha value is -1.06. The highest BCUT2D eigenvalue weighted by Gasteiger charge is 2.20. The number of hydrogen-bond acceptors (Lipinski definition) is 3. The molecule has 15 heavy (non-hydrogen) atoms. The van der Waals surface area contributed by atoms with Gasteiger partial charge in [-0.1, -0.05) is 13.3 Å². The predicted octanol–water partition coefficient (Wildman–Crippen LogP) is 2.02. The highest BCUT2D eigenvalue weighted by Crippen LogP contribution is 2.14. The molecule has 0 aromatic rings. The molecule has 0 aromatic carbocycles. The summed E-state index contributed by atoms with van der Waals surface area (Å²) in [5.41, 5.74) is 0. The molecule has 0 unspecified atom stereocenters. The minimum absolute atomic E-state index is 0.122. The van der Waals surface area contributed by atoms with Crippen molar-refractivity contribution in [3.8, 4) is 0 Å². The van der Waals surface area contributed by atoms with Crippen molar-refractivity contribution in [2.75, 3.05) is 6.61 Å². The summed E-state index contributed by atoms with van der Waals surface area (Å²) < 4.78 is 4.98. The fourth-order valence-electron chi connectivity index (χ4n) is 1.60. The fourth-order valence-corrected chi connectivity index (χ4v) is 1.60. The standard InChI is InChI=1S/C11H19NO3/c1-2-3-8-15-11(14)12-9-4-6-10(13)7-5-9/h9H,2-8H2,1H3,(H,12,14). The summed E-state index contributed by atoms with van der Waals surface area (Å²) in [6, 6.07) is 0.122. The molecule has 4 heteroatoms. The number of carbonyl (C=O) groups is 2. The Morgan fingerprint density at radius 1 is 1.47 bits per heavy atom. The van der Waals surface area contributed by atoms with E-state index in [1.807, 2.05) is 6.92 Å². The molecule has 4 nitrogen and oxygen atoms in total. The first kappa shape index (κ1) is 12.0. The van der Waals surface area contributed by atoms with Gasteiger partial charge in [-0.2, -0.15) is 0 Å². The number of ether oxygens (including phenoxy) is 1. The van der Waals surface area contributed by atoms with Gasteiger partial charge < -0.3 is 10.1 Å². The molecule has 0 atom stereocenters. The second-order valence-corrected chi connectivity index (χ2v) is 3.95. The molecule has 1 saturated carbocycles. The van der Waals surface area contributed by atoms with Crippen molar-refractivity contribution in [3.63, 3.8) is 0 Å². The highest BCUT2D eigenvalue weighted by atomic mass is 16.5. The number of rotatable bonds is 4. The lowest BCUT2D eigenvalue weighted by atomic mass is 9.95. The lowest BCUT2D eigenvalue weighted by molar-refractivity contribution is -0.120. The van der Waals surface area contributed by atoms with Crippen LogP contribution in [-0.2, 0) is 9.53 Å². The monoisotopic (exact) mass is 213 g/mol. The number of carbonyl (C=O) groups excluding carboxylic acids is 2. The zero-order valence-electron chi connectivity index (χ0n) is 9.25. The lowest BCUT2D eigenvalue weighted by Crippen LogP contribution is -2.38. The van der Waals surface area contributed by atoms with Crippen LogP contribution < -0.4 is 5.32 Å². The summed E-state index contributed by atoms with van der Waals surface area (Å²) in [5.74, 6) is 0.299. The molecule has 1 amide bonds. The molecule has 0 heterocycles. The van der Waals surface area contributed by atoms with E-state index in [1.54, 1.807) is 0 Å². The Kier molecular flexibility index (Phi) is 5.15. The van der Waals surface area contributed by atoms with Crippen LogP contribution >= 0.6 is 0 Å². The average Bonchev–Trinajstić information content (AvgIpc) is 2.22. The Bertz CT molecular complexity index is 218. The van der Waals surface area contributed by atoms with Crippen LogP contribution in [0.15, 0.2) is 0 Å². The van der Waals surface area contributed by atoms with Gasteiger partial charge in [0.05, 0.1) is 6.61 Å². The molecule has 1 rings (SSSR count). The number of amides is 1. The molecular weight excluding hydrogens is 194 g/mol. The summed E-state index contributed by atoms with van der Waals surface area (Å²) in [5, 5.41) is 2.78. The molecule has 86 valence electrons. The van der Waals surface area contributed by atoms with Gasteiger partial charge >= 0.3 is 6.09 Å². The second kappa shape index (κ2) is 6.43. The van der Waals surface area contributed by atoms with Crippen molar-refractivity contribution in [2.45, 2.75) is 51.5 Å². The first-order valence-corrected chi connectivity index (χ1v) is 5.67. The van der Waals surface area contributed by atoms with Gasteiger partial charge in [0.2, 0.25) is 0 Å². The zero-order chi connectivity index (χ0) is 11.1. The summed E-state index contributed by atoms with van der Waals surface area (Å²) in [6.07, 6.45) is 4.24. The van der Waals surface area contributed by atoms with E-state index in [4.69, 9.17) is 4.74 Å². The maximum atomic E-state index is 11.2. The molecular formula is C11H19NO3. The smallest absolute Gasteiger partial charge is 0.407 e. The average molecular weight is 213 g/mol. The molecule has 1 fully saturated rings. The summed E-state index contributed by atoms with van der Waals surface area (Å²) >= 11 is 0. The van der Waals surface area contributed by atoms with Gasteiger partial charge in [0, 0.05) is 18.9 Å². The van der Waals surface area contributed by atoms with Gasteiger partial charge in [0.15, 0.2) is 0 Å². The highest BCUT2D eigenvalue weighted by molar-refractivity contribution is 5.79. The fraction of sp³-hybridized carbons (Fsp3) is 0.818. The SMILES string of the molecule is CCCCOC(=O)NC1CCC(=O)CC1. The third kappa shape index (κ3) is 4.81. The van der Waals surface area contributed by atoms with Crippen LogP contribution in [0.3, 0.4) is 0 Å². The molecule has 0 aromatic heterocycles. The normalized spacial score (nSPS) is 17.5. The van der Waals surface area contributed by atoms with Crippen LogP contribution in [0.5, 0.6) is 0 Å². The third-order valence-electron chi connectivity index (χ3n) is 2.60. The van der Waals surface area contributed by atoms with E-state index in [2.05, 4.69) is 5.32 Å². The molecule has 0 bridgehead atoms. The molecule has 0 aliphatic heterocycles. The van der Waals surface area contributed by atoms with Crippen LogP contribution in [0.2, 0.25) is 0 Å². The van der Waals surface area contributed by atoms with Crippen LogP contribution in [0.1, 0.15) is 45.4 Å². The van der Waals surface area contributed by atoms with Crippen molar-refractivity contribution in [3.05, 3.63) is 0 Å². The van der Waals surface area contributed by atoms with Gasteiger partial charge in [0.1, 0.15) is 5.78 Å². The van der Waals surface area contributed by atoms with Crippen molar-refractivity contribution in [1.82, 2.24) is 5.32 Å². The number of Topliss-reactive ketones (excluding diaryl/α,β-unsaturated/α-hetero) is 1. The first-order valence-electron chi connectivity index (χ1n) is 5.67. The largest absolute Gasteiger partial charge is 0.450 e. The lowest BCUT2D eigenvalue weighted by Gasteiger charge is -2.21. The zero-order valence-corrected chi connectivity index (χ0v) is 9.25. The quantitative estimate of drug-likeness (QED) is 0.727. The second-order valence-electron chi connectivity index (χ2n) is 3.95.